The summed E-state index contributed by atoms with van der Waals surface area (Å²) in [5.41, 5.74) is 2.10. The molecule has 1 saturated heterocycles. The number of amides is 1. The SMILES string of the molecule is C=C(C)COc1ccccc1CN1CCNC(=O)[C@H]1C. The van der Waals surface area contributed by atoms with Crippen LogP contribution in [-0.4, -0.2) is 36.5 Å². The summed E-state index contributed by atoms with van der Waals surface area (Å²) in [6.45, 7) is 10.5. The highest BCUT2D eigenvalue weighted by molar-refractivity contribution is 5.82. The summed E-state index contributed by atoms with van der Waals surface area (Å²) in [5.74, 6) is 0.963. The monoisotopic (exact) mass is 274 g/mol. The van der Waals surface area contributed by atoms with E-state index < -0.39 is 0 Å². The van der Waals surface area contributed by atoms with Crippen molar-refractivity contribution in [2.75, 3.05) is 19.7 Å². The van der Waals surface area contributed by atoms with Crippen LogP contribution in [0.1, 0.15) is 19.4 Å². The molecule has 1 amide bonds. The van der Waals surface area contributed by atoms with Gasteiger partial charge < -0.3 is 10.1 Å². The highest BCUT2D eigenvalue weighted by atomic mass is 16.5. The highest BCUT2D eigenvalue weighted by Crippen LogP contribution is 2.21. The Morgan fingerprint density at radius 2 is 2.25 bits per heavy atom. The van der Waals surface area contributed by atoms with Crippen LogP contribution < -0.4 is 10.1 Å². The molecule has 108 valence electrons. The van der Waals surface area contributed by atoms with Crippen LogP contribution in [-0.2, 0) is 11.3 Å². The molecule has 20 heavy (non-hydrogen) atoms. The van der Waals surface area contributed by atoms with Gasteiger partial charge in [-0.1, -0.05) is 24.8 Å². The van der Waals surface area contributed by atoms with E-state index in [0.717, 1.165) is 30.0 Å². The van der Waals surface area contributed by atoms with Gasteiger partial charge in [-0.15, -0.1) is 0 Å². The Morgan fingerprint density at radius 1 is 1.50 bits per heavy atom. The summed E-state index contributed by atoms with van der Waals surface area (Å²) in [6, 6.07) is 7.87. The van der Waals surface area contributed by atoms with Crippen LogP contribution in [0, 0.1) is 0 Å². The van der Waals surface area contributed by atoms with Gasteiger partial charge in [-0.3, -0.25) is 9.69 Å². The first-order valence-corrected chi connectivity index (χ1v) is 6.95. The fraction of sp³-hybridized carbons (Fsp3) is 0.438. The fourth-order valence-electron chi connectivity index (χ4n) is 2.24. The molecule has 1 N–H and O–H groups in total. The van der Waals surface area contributed by atoms with Gasteiger partial charge in [-0.2, -0.15) is 0 Å². The normalized spacial score (nSPS) is 19.5. The summed E-state index contributed by atoms with van der Waals surface area (Å²) < 4.78 is 5.78. The third-order valence-electron chi connectivity index (χ3n) is 3.45. The van der Waals surface area contributed by atoms with E-state index in [-0.39, 0.29) is 11.9 Å². The first-order valence-electron chi connectivity index (χ1n) is 6.95. The van der Waals surface area contributed by atoms with E-state index in [1.54, 1.807) is 0 Å². The maximum Gasteiger partial charge on any atom is 0.237 e. The smallest absolute Gasteiger partial charge is 0.237 e. The summed E-state index contributed by atoms with van der Waals surface area (Å²) in [7, 11) is 0. The second-order valence-corrected chi connectivity index (χ2v) is 5.29. The molecule has 2 rings (SSSR count). The number of ether oxygens (including phenoxy) is 1. The standard InChI is InChI=1S/C16H22N2O2/c1-12(2)11-20-15-7-5-4-6-14(15)10-18-9-8-17-16(19)13(18)3/h4-7,13H,1,8-11H2,2-3H3,(H,17,19)/t13-/m1/s1. The van der Waals surface area contributed by atoms with Crippen molar-refractivity contribution in [2.24, 2.45) is 0 Å². The molecule has 1 aliphatic rings. The van der Waals surface area contributed by atoms with Crippen LogP contribution in [0.3, 0.4) is 0 Å². The number of para-hydroxylation sites is 1. The maximum atomic E-state index is 11.7. The van der Waals surface area contributed by atoms with E-state index in [1.165, 1.54) is 0 Å². The molecular weight excluding hydrogens is 252 g/mol. The molecule has 0 spiro atoms. The predicted octanol–water partition coefficient (Wildman–Crippen LogP) is 1.96. The van der Waals surface area contributed by atoms with Gasteiger partial charge in [0.15, 0.2) is 0 Å². The quantitative estimate of drug-likeness (QED) is 0.835. The van der Waals surface area contributed by atoms with E-state index in [4.69, 9.17) is 4.74 Å². The molecule has 1 aromatic rings. The van der Waals surface area contributed by atoms with Crippen LogP contribution in [0.5, 0.6) is 5.75 Å². The number of nitrogens with one attached hydrogen (secondary N) is 1. The molecule has 0 aromatic heterocycles. The van der Waals surface area contributed by atoms with Crippen molar-refractivity contribution in [2.45, 2.75) is 26.4 Å². The van der Waals surface area contributed by atoms with Gasteiger partial charge in [-0.25, -0.2) is 0 Å². The van der Waals surface area contributed by atoms with Crippen molar-refractivity contribution in [3.8, 4) is 5.75 Å². The predicted molar refractivity (Wildman–Crippen MR) is 79.6 cm³/mol. The lowest BCUT2D eigenvalue weighted by molar-refractivity contribution is -0.128. The second kappa shape index (κ2) is 6.57. The first-order chi connectivity index (χ1) is 9.58. The Labute approximate surface area is 120 Å². The highest BCUT2D eigenvalue weighted by Gasteiger charge is 2.25. The zero-order valence-corrected chi connectivity index (χ0v) is 12.2. The van der Waals surface area contributed by atoms with Gasteiger partial charge in [0.25, 0.3) is 0 Å². The first kappa shape index (κ1) is 14.6. The molecular formula is C16H22N2O2. The van der Waals surface area contributed by atoms with E-state index >= 15 is 0 Å². The number of hydrogen-bond donors (Lipinski definition) is 1. The Kier molecular flexibility index (Phi) is 4.79. The van der Waals surface area contributed by atoms with Gasteiger partial charge in [0, 0.05) is 25.2 Å². The molecule has 4 heteroatoms. The number of piperazine rings is 1. The number of nitrogens with zero attached hydrogens (tertiary/aromatic N) is 1. The zero-order valence-electron chi connectivity index (χ0n) is 12.2. The molecule has 1 aliphatic heterocycles. The molecule has 1 heterocycles. The Hall–Kier alpha value is -1.81. The molecule has 1 aromatic carbocycles. The lowest BCUT2D eigenvalue weighted by Crippen LogP contribution is -2.53. The van der Waals surface area contributed by atoms with Crippen LogP contribution in [0.4, 0.5) is 0 Å². The van der Waals surface area contributed by atoms with Crippen LogP contribution >= 0.6 is 0 Å². The molecule has 0 radical (unpaired) electrons. The number of hydrogen-bond acceptors (Lipinski definition) is 3. The largest absolute Gasteiger partial charge is 0.489 e. The van der Waals surface area contributed by atoms with Gasteiger partial charge in [0.2, 0.25) is 5.91 Å². The van der Waals surface area contributed by atoms with Gasteiger partial charge in [0.1, 0.15) is 12.4 Å². The minimum atomic E-state index is -0.0991. The molecule has 0 unspecified atom stereocenters. The minimum absolute atomic E-state index is 0.0941. The summed E-state index contributed by atoms with van der Waals surface area (Å²) in [6.07, 6.45) is 0. The number of benzene rings is 1. The number of carbonyl (C=O) groups is 1. The number of carbonyl (C=O) groups excluding carboxylic acids is 1. The lowest BCUT2D eigenvalue weighted by Gasteiger charge is -2.33. The third kappa shape index (κ3) is 3.61. The second-order valence-electron chi connectivity index (χ2n) is 5.29. The zero-order chi connectivity index (χ0) is 14.5. The Balaban J connectivity index is 2.08. The molecule has 0 saturated carbocycles. The maximum absolute atomic E-state index is 11.7. The van der Waals surface area contributed by atoms with Crippen molar-refractivity contribution < 1.29 is 9.53 Å². The number of rotatable bonds is 5. The fourth-order valence-corrected chi connectivity index (χ4v) is 2.24. The van der Waals surface area contributed by atoms with Gasteiger partial charge in [0.05, 0.1) is 6.04 Å². The van der Waals surface area contributed by atoms with Crippen LogP contribution in [0.2, 0.25) is 0 Å². The van der Waals surface area contributed by atoms with Gasteiger partial charge >= 0.3 is 0 Å². The average Bonchev–Trinajstić information content (AvgIpc) is 2.43. The topological polar surface area (TPSA) is 41.6 Å². The van der Waals surface area contributed by atoms with Crippen molar-refractivity contribution in [1.82, 2.24) is 10.2 Å². The van der Waals surface area contributed by atoms with E-state index in [1.807, 2.05) is 38.1 Å². The van der Waals surface area contributed by atoms with Crippen molar-refractivity contribution in [1.29, 1.82) is 0 Å². The van der Waals surface area contributed by atoms with Crippen LogP contribution in [0.25, 0.3) is 0 Å². The molecule has 1 atom stereocenters. The lowest BCUT2D eigenvalue weighted by atomic mass is 10.1. The van der Waals surface area contributed by atoms with Crippen LogP contribution in [0.15, 0.2) is 36.4 Å². The molecule has 1 fully saturated rings. The molecule has 0 aliphatic carbocycles. The van der Waals surface area contributed by atoms with Crippen molar-refractivity contribution >= 4 is 5.91 Å². The van der Waals surface area contributed by atoms with Gasteiger partial charge in [-0.05, 0) is 25.5 Å². The Morgan fingerprint density at radius 3 is 3.00 bits per heavy atom. The average molecular weight is 274 g/mol. The molecule has 0 bridgehead atoms. The van der Waals surface area contributed by atoms with E-state index in [9.17, 15) is 4.79 Å². The summed E-state index contributed by atoms with van der Waals surface area (Å²) in [5, 5.41) is 2.88. The Bertz CT molecular complexity index is 499. The minimum Gasteiger partial charge on any atom is -0.489 e. The van der Waals surface area contributed by atoms with Crippen molar-refractivity contribution in [3.63, 3.8) is 0 Å². The molecule has 4 nitrogen and oxygen atoms in total. The third-order valence-corrected chi connectivity index (χ3v) is 3.45. The van der Waals surface area contributed by atoms with E-state index in [0.29, 0.717) is 13.2 Å². The summed E-state index contributed by atoms with van der Waals surface area (Å²) >= 11 is 0. The van der Waals surface area contributed by atoms with Crippen molar-refractivity contribution in [3.05, 3.63) is 42.0 Å². The van der Waals surface area contributed by atoms with E-state index in [2.05, 4.69) is 16.8 Å². The summed E-state index contributed by atoms with van der Waals surface area (Å²) in [4.78, 5) is 13.9.